The Morgan fingerprint density at radius 3 is 2.39 bits per heavy atom. The number of nitrogens with one attached hydrogen (secondary N) is 1. The molecule has 0 aromatic heterocycles. The number of carbonyl (C=O) groups excluding carboxylic acids is 2. The molecule has 126 valence electrons. The van der Waals surface area contributed by atoms with Gasteiger partial charge >= 0.3 is 12.1 Å². The minimum Gasteiger partial charge on any atom is -0.460 e. The zero-order valence-corrected chi connectivity index (χ0v) is 12.2. The summed E-state index contributed by atoms with van der Waals surface area (Å²) in [5.41, 5.74) is 4.10. The molecule has 0 spiro atoms. The van der Waals surface area contributed by atoms with Gasteiger partial charge in [-0.3, -0.25) is 9.59 Å². The number of esters is 1. The number of halogens is 3. The number of benzene rings is 1. The van der Waals surface area contributed by atoms with E-state index >= 15 is 0 Å². The van der Waals surface area contributed by atoms with Gasteiger partial charge in [-0.15, -0.1) is 0 Å². The zero-order valence-electron chi connectivity index (χ0n) is 12.2. The maximum atomic E-state index is 12.7. The minimum atomic E-state index is -4.50. The summed E-state index contributed by atoms with van der Waals surface area (Å²) in [6.45, 7) is -0.0124. The predicted octanol–water partition coefficient (Wildman–Crippen LogP) is 1.66. The Morgan fingerprint density at radius 1 is 1.26 bits per heavy atom. The van der Waals surface area contributed by atoms with E-state index in [2.05, 4.69) is 0 Å². The molecule has 0 saturated heterocycles. The van der Waals surface area contributed by atoms with Gasteiger partial charge in [0, 0.05) is 0 Å². The molecule has 1 aromatic rings. The van der Waals surface area contributed by atoms with E-state index in [0.29, 0.717) is 0 Å². The number of hydrogen-bond donors (Lipinski definition) is 2. The van der Waals surface area contributed by atoms with Crippen LogP contribution in [0.2, 0.25) is 0 Å². The number of ether oxygens (including phenoxy) is 1. The van der Waals surface area contributed by atoms with Crippen LogP contribution in [0.1, 0.15) is 24.8 Å². The second-order valence-corrected chi connectivity index (χ2v) is 5.53. The SMILES string of the molecule is N[C@@H](CC(=O)NC1(C(F)(F)F)CC1)C(=O)OCc1ccccc1. The molecule has 23 heavy (non-hydrogen) atoms. The van der Waals surface area contributed by atoms with Gasteiger partial charge in [-0.2, -0.15) is 13.2 Å². The van der Waals surface area contributed by atoms with Crippen molar-refractivity contribution in [1.82, 2.24) is 5.32 Å². The van der Waals surface area contributed by atoms with Crippen LogP contribution in [0.5, 0.6) is 0 Å². The monoisotopic (exact) mass is 330 g/mol. The summed E-state index contributed by atoms with van der Waals surface area (Å²) in [5.74, 6) is -1.75. The molecule has 0 heterocycles. The summed E-state index contributed by atoms with van der Waals surface area (Å²) < 4.78 is 43.1. The summed E-state index contributed by atoms with van der Waals surface area (Å²) in [4.78, 5) is 23.3. The molecule has 1 aromatic carbocycles. The van der Waals surface area contributed by atoms with E-state index in [1.165, 1.54) is 0 Å². The highest BCUT2D eigenvalue weighted by Crippen LogP contribution is 2.48. The van der Waals surface area contributed by atoms with Gasteiger partial charge in [0.2, 0.25) is 5.91 Å². The van der Waals surface area contributed by atoms with Crippen LogP contribution < -0.4 is 11.1 Å². The van der Waals surface area contributed by atoms with Gasteiger partial charge < -0.3 is 15.8 Å². The molecule has 1 saturated carbocycles. The lowest BCUT2D eigenvalue weighted by molar-refractivity contribution is -0.170. The highest BCUT2D eigenvalue weighted by molar-refractivity contribution is 5.85. The van der Waals surface area contributed by atoms with E-state index in [1.807, 2.05) is 5.32 Å². The summed E-state index contributed by atoms with van der Waals surface area (Å²) in [7, 11) is 0. The molecular weight excluding hydrogens is 313 g/mol. The topological polar surface area (TPSA) is 81.4 Å². The summed E-state index contributed by atoms with van der Waals surface area (Å²) in [6.07, 6.45) is -5.36. The van der Waals surface area contributed by atoms with Gasteiger partial charge in [0.1, 0.15) is 18.2 Å². The fourth-order valence-electron chi connectivity index (χ4n) is 2.04. The van der Waals surface area contributed by atoms with Gasteiger partial charge in [0.15, 0.2) is 0 Å². The van der Waals surface area contributed by atoms with Crippen LogP contribution in [-0.2, 0) is 20.9 Å². The van der Waals surface area contributed by atoms with Crippen LogP contribution in [-0.4, -0.2) is 29.6 Å². The highest BCUT2D eigenvalue weighted by Gasteiger charge is 2.64. The Labute approximate surface area is 131 Å². The van der Waals surface area contributed by atoms with Crippen LogP contribution in [0.4, 0.5) is 13.2 Å². The van der Waals surface area contributed by atoms with Gasteiger partial charge in [-0.05, 0) is 18.4 Å². The molecule has 0 aliphatic heterocycles. The van der Waals surface area contributed by atoms with Crippen LogP contribution in [0.15, 0.2) is 30.3 Å². The number of carbonyl (C=O) groups is 2. The molecule has 5 nitrogen and oxygen atoms in total. The van der Waals surface area contributed by atoms with Crippen molar-refractivity contribution in [1.29, 1.82) is 0 Å². The molecule has 1 atom stereocenters. The fourth-order valence-corrected chi connectivity index (χ4v) is 2.04. The van der Waals surface area contributed by atoms with E-state index in [4.69, 9.17) is 10.5 Å². The molecule has 1 amide bonds. The number of amides is 1. The van der Waals surface area contributed by atoms with Gasteiger partial charge in [-0.25, -0.2) is 0 Å². The average Bonchev–Trinajstić information content (AvgIpc) is 3.26. The predicted molar refractivity (Wildman–Crippen MR) is 75.0 cm³/mol. The van der Waals surface area contributed by atoms with Crippen molar-refractivity contribution in [3.05, 3.63) is 35.9 Å². The fraction of sp³-hybridized carbons (Fsp3) is 0.467. The Morgan fingerprint density at radius 2 is 1.87 bits per heavy atom. The van der Waals surface area contributed by atoms with Crippen molar-refractivity contribution in [3.63, 3.8) is 0 Å². The van der Waals surface area contributed by atoms with Crippen LogP contribution in [0.3, 0.4) is 0 Å². The lowest BCUT2D eigenvalue weighted by Crippen LogP contribution is -2.49. The Bertz CT molecular complexity index is 571. The largest absolute Gasteiger partial charge is 0.460 e. The van der Waals surface area contributed by atoms with Crippen LogP contribution in [0, 0.1) is 0 Å². The van der Waals surface area contributed by atoms with Gasteiger partial charge in [0.05, 0.1) is 6.42 Å². The Balaban J connectivity index is 1.78. The molecule has 8 heteroatoms. The minimum absolute atomic E-state index is 0.0124. The normalized spacial score (nSPS) is 17.2. The van der Waals surface area contributed by atoms with Gasteiger partial charge in [-0.1, -0.05) is 30.3 Å². The first-order valence-corrected chi connectivity index (χ1v) is 7.07. The summed E-state index contributed by atoms with van der Waals surface area (Å²) in [5, 5.41) is 1.92. The van der Waals surface area contributed by atoms with Crippen LogP contribution >= 0.6 is 0 Å². The maximum absolute atomic E-state index is 12.7. The van der Waals surface area contributed by atoms with E-state index in [9.17, 15) is 22.8 Å². The van der Waals surface area contributed by atoms with Crippen molar-refractivity contribution in [2.75, 3.05) is 0 Å². The van der Waals surface area contributed by atoms with Crippen molar-refractivity contribution in [3.8, 4) is 0 Å². The lowest BCUT2D eigenvalue weighted by Gasteiger charge is -2.21. The van der Waals surface area contributed by atoms with E-state index in [0.717, 1.165) is 5.56 Å². The molecular formula is C15H17F3N2O3. The second-order valence-electron chi connectivity index (χ2n) is 5.53. The molecule has 2 rings (SSSR count). The third-order valence-corrected chi connectivity index (χ3v) is 3.60. The third kappa shape index (κ3) is 4.44. The van der Waals surface area contributed by atoms with E-state index < -0.39 is 36.1 Å². The molecule has 0 unspecified atom stereocenters. The molecule has 1 aliphatic carbocycles. The summed E-state index contributed by atoms with van der Waals surface area (Å²) in [6, 6.07) is 7.52. The van der Waals surface area contributed by atoms with Crippen molar-refractivity contribution >= 4 is 11.9 Å². The van der Waals surface area contributed by atoms with Crippen molar-refractivity contribution in [2.24, 2.45) is 5.73 Å². The molecule has 3 N–H and O–H groups in total. The smallest absolute Gasteiger partial charge is 0.411 e. The lowest BCUT2D eigenvalue weighted by atomic mass is 10.2. The Kier molecular flexibility index (Phi) is 4.93. The van der Waals surface area contributed by atoms with Crippen molar-refractivity contribution in [2.45, 2.75) is 43.6 Å². The highest BCUT2D eigenvalue weighted by atomic mass is 19.4. The quantitative estimate of drug-likeness (QED) is 0.777. The van der Waals surface area contributed by atoms with E-state index in [-0.39, 0.29) is 19.4 Å². The molecule has 0 radical (unpaired) electrons. The number of nitrogens with two attached hydrogens (primary N) is 1. The number of alkyl halides is 3. The van der Waals surface area contributed by atoms with Crippen LogP contribution in [0.25, 0.3) is 0 Å². The van der Waals surface area contributed by atoms with Crippen molar-refractivity contribution < 1.29 is 27.5 Å². The first-order valence-electron chi connectivity index (χ1n) is 7.07. The average molecular weight is 330 g/mol. The van der Waals surface area contributed by atoms with E-state index in [1.54, 1.807) is 30.3 Å². The molecule has 0 bridgehead atoms. The number of hydrogen-bond acceptors (Lipinski definition) is 4. The first-order chi connectivity index (χ1) is 10.7. The number of rotatable bonds is 6. The zero-order chi connectivity index (χ0) is 17.1. The van der Waals surface area contributed by atoms with Gasteiger partial charge in [0.25, 0.3) is 0 Å². The maximum Gasteiger partial charge on any atom is 0.411 e. The Hall–Kier alpha value is -2.09. The second kappa shape index (κ2) is 6.57. The standard InChI is InChI=1S/C15H17F3N2O3/c16-15(17,18)14(6-7-14)20-12(21)8-11(19)13(22)23-9-10-4-2-1-3-5-10/h1-5,11H,6-9,19H2,(H,20,21)/t11-/m0/s1. The third-order valence-electron chi connectivity index (χ3n) is 3.60. The summed E-state index contributed by atoms with van der Waals surface area (Å²) >= 11 is 0. The molecule has 1 aliphatic rings. The molecule has 1 fully saturated rings. The first kappa shape index (κ1) is 17.3.